The number of carbonyl (C=O) groups is 1. The second-order valence-electron chi connectivity index (χ2n) is 6.89. The van der Waals surface area contributed by atoms with Gasteiger partial charge >= 0.3 is 6.09 Å². The SMILES string of the molecule is Cc1c(C)c(C)c2c(c1C)CC(=N)/C(=N/C(=O)OCc1ccccc1)C2. The summed E-state index contributed by atoms with van der Waals surface area (Å²) >= 11 is 0. The lowest BCUT2D eigenvalue weighted by atomic mass is 9.80. The van der Waals surface area contributed by atoms with E-state index in [0.29, 0.717) is 24.3 Å². The van der Waals surface area contributed by atoms with Crippen molar-refractivity contribution in [3.63, 3.8) is 0 Å². The fourth-order valence-corrected chi connectivity index (χ4v) is 3.47. The fourth-order valence-electron chi connectivity index (χ4n) is 3.47. The number of ether oxygens (including phenoxy) is 1. The van der Waals surface area contributed by atoms with E-state index in [2.05, 4.69) is 32.7 Å². The normalized spacial score (nSPS) is 15.1. The number of nitrogens with zero attached hydrogens (tertiary/aromatic N) is 1. The Morgan fingerprint density at radius 2 is 1.54 bits per heavy atom. The van der Waals surface area contributed by atoms with Crippen molar-refractivity contribution in [2.45, 2.75) is 47.1 Å². The van der Waals surface area contributed by atoms with Crippen LogP contribution in [0.25, 0.3) is 0 Å². The number of hydrogen-bond donors (Lipinski definition) is 1. The third kappa shape index (κ3) is 3.45. The van der Waals surface area contributed by atoms with E-state index in [0.717, 1.165) is 5.56 Å². The summed E-state index contributed by atoms with van der Waals surface area (Å²) in [4.78, 5) is 16.2. The Kier molecular flexibility index (Phi) is 5.03. The monoisotopic (exact) mass is 348 g/mol. The molecule has 1 aliphatic rings. The first kappa shape index (κ1) is 18.1. The predicted molar refractivity (Wildman–Crippen MR) is 105 cm³/mol. The Morgan fingerprint density at radius 3 is 2.15 bits per heavy atom. The first-order valence-electron chi connectivity index (χ1n) is 8.82. The molecule has 26 heavy (non-hydrogen) atoms. The van der Waals surface area contributed by atoms with Gasteiger partial charge in [-0.1, -0.05) is 30.3 Å². The Balaban J connectivity index is 1.81. The van der Waals surface area contributed by atoms with E-state index in [1.165, 1.54) is 33.4 Å². The lowest BCUT2D eigenvalue weighted by Gasteiger charge is -2.25. The minimum Gasteiger partial charge on any atom is -0.443 e. The van der Waals surface area contributed by atoms with E-state index < -0.39 is 6.09 Å². The maximum atomic E-state index is 12.1. The van der Waals surface area contributed by atoms with Crippen LogP contribution >= 0.6 is 0 Å². The summed E-state index contributed by atoms with van der Waals surface area (Å²) in [5.74, 6) is 0. The lowest BCUT2D eigenvalue weighted by Crippen LogP contribution is -2.28. The smallest absolute Gasteiger partial charge is 0.434 e. The maximum Gasteiger partial charge on any atom is 0.434 e. The van der Waals surface area contributed by atoms with Crippen LogP contribution in [0.15, 0.2) is 35.3 Å². The zero-order valence-corrected chi connectivity index (χ0v) is 15.8. The zero-order chi connectivity index (χ0) is 18.8. The van der Waals surface area contributed by atoms with Gasteiger partial charge in [0.2, 0.25) is 0 Å². The number of fused-ring (bicyclic) bond motifs is 1. The third-order valence-electron chi connectivity index (χ3n) is 5.43. The number of amides is 1. The molecule has 0 radical (unpaired) electrons. The summed E-state index contributed by atoms with van der Waals surface area (Å²) < 4.78 is 5.24. The Bertz CT molecular complexity index is 912. The highest BCUT2D eigenvalue weighted by atomic mass is 16.5. The summed E-state index contributed by atoms with van der Waals surface area (Å²) in [6.45, 7) is 8.68. The van der Waals surface area contributed by atoms with Gasteiger partial charge in [0, 0.05) is 12.8 Å². The van der Waals surface area contributed by atoms with Gasteiger partial charge in [-0.3, -0.25) is 0 Å². The van der Waals surface area contributed by atoms with E-state index in [-0.39, 0.29) is 6.61 Å². The molecule has 0 aromatic heterocycles. The molecule has 1 N–H and O–H groups in total. The summed E-state index contributed by atoms with van der Waals surface area (Å²) in [6, 6.07) is 9.52. The van der Waals surface area contributed by atoms with Gasteiger partial charge in [0.15, 0.2) is 0 Å². The van der Waals surface area contributed by atoms with Gasteiger partial charge in [0.05, 0.1) is 11.4 Å². The van der Waals surface area contributed by atoms with E-state index in [1.54, 1.807) is 0 Å². The maximum absolute atomic E-state index is 12.1. The van der Waals surface area contributed by atoms with Gasteiger partial charge in [-0.25, -0.2) is 4.79 Å². The number of carbonyl (C=O) groups excluding carboxylic acids is 1. The lowest BCUT2D eigenvalue weighted by molar-refractivity contribution is 0.151. The van der Waals surface area contributed by atoms with Crippen LogP contribution in [0.5, 0.6) is 0 Å². The molecular weight excluding hydrogens is 324 g/mol. The van der Waals surface area contributed by atoms with Crippen LogP contribution in [-0.4, -0.2) is 17.5 Å². The molecular formula is C22H24N2O2. The van der Waals surface area contributed by atoms with Crippen molar-refractivity contribution in [2.24, 2.45) is 4.99 Å². The van der Waals surface area contributed by atoms with Gasteiger partial charge in [0.25, 0.3) is 0 Å². The molecule has 134 valence electrons. The van der Waals surface area contributed by atoms with E-state index in [9.17, 15) is 4.79 Å². The van der Waals surface area contributed by atoms with Crippen molar-refractivity contribution in [1.29, 1.82) is 5.41 Å². The molecule has 0 bridgehead atoms. The zero-order valence-electron chi connectivity index (χ0n) is 15.8. The summed E-state index contributed by atoms with van der Waals surface area (Å²) in [6.07, 6.45) is 0.409. The van der Waals surface area contributed by atoms with Crippen LogP contribution in [0.4, 0.5) is 4.79 Å². The number of nitrogens with one attached hydrogen (secondary N) is 1. The van der Waals surface area contributed by atoms with Crippen molar-refractivity contribution >= 4 is 17.5 Å². The largest absolute Gasteiger partial charge is 0.443 e. The molecule has 3 rings (SSSR count). The first-order chi connectivity index (χ1) is 12.4. The van der Waals surface area contributed by atoms with E-state index >= 15 is 0 Å². The van der Waals surface area contributed by atoms with Gasteiger partial charge in [-0.15, -0.1) is 0 Å². The quantitative estimate of drug-likeness (QED) is 0.846. The molecule has 4 heteroatoms. The number of hydrogen-bond acceptors (Lipinski definition) is 3. The van der Waals surface area contributed by atoms with Crippen LogP contribution < -0.4 is 0 Å². The van der Waals surface area contributed by atoms with Crippen LogP contribution in [-0.2, 0) is 24.2 Å². The van der Waals surface area contributed by atoms with Crippen molar-refractivity contribution < 1.29 is 9.53 Å². The Labute approximate surface area is 154 Å². The van der Waals surface area contributed by atoms with Crippen LogP contribution in [0, 0.1) is 33.1 Å². The molecule has 0 spiro atoms. The Morgan fingerprint density at radius 1 is 0.962 bits per heavy atom. The average molecular weight is 348 g/mol. The van der Waals surface area contributed by atoms with E-state index in [4.69, 9.17) is 10.1 Å². The molecule has 0 unspecified atom stereocenters. The van der Waals surface area contributed by atoms with Gasteiger partial charge < -0.3 is 10.1 Å². The molecule has 0 atom stereocenters. The Hall–Kier alpha value is -2.75. The summed E-state index contributed by atoms with van der Waals surface area (Å²) in [7, 11) is 0. The molecule has 2 aromatic carbocycles. The molecule has 0 saturated carbocycles. The van der Waals surface area contributed by atoms with Gasteiger partial charge in [-0.2, -0.15) is 4.99 Å². The van der Waals surface area contributed by atoms with Crippen molar-refractivity contribution in [3.8, 4) is 0 Å². The van der Waals surface area contributed by atoms with Crippen molar-refractivity contribution in [2.75, 3.05) is 0 Å². The highest BCUT2D eigenvalue weighted by Crippen LogP contribution is 2.30. The van der Waals surface area contributed by atoms with Crippen LogP contribution in [0.3, 0.4) is 0 Å². The number of rotatable bonds is 2. The van der Waals surface area contributed by atoms with E-state index in [1.807, 2.05) is 30.3 Å². The van der Waals surface area contributed by atoms with Crippen LogP contribution in [0.2, 0.25) is 0 Å². The molecule has 1 aliphatic carbocycles. The van der Waals surface area contributed by atoms with Crippen LogP contribution in [0.1, 0.15) is 38.9 Å². The first-order valence-corrected chi connectivity index (χ1v) is 8.82. The molecule has 0 aliphatic heterocycles. The highest BCUT2D eigenvalue weighted by Gasteiger charge is 2.25. The topological polar surface area (TPSA) is 62.5 Å². The molecule has 2 aromatic rings. The van der Waals surface area contributed by atoms with Crippen molar-refractivity contribution in [1.82, 2.24) is 0 Å². The molecule has 0 heterocycles. The molecule has 1 amide bonds. The predicted octanol–water partition coefficient (Wildman–Crippen LogP) is 4.82. The second kappa shape index (κ2) is 7.24. The number of benzene rings is 2. The summed E-state index contributed by atoms with van der Waals surface area (Å²) in [5, 5.41) is 8.32. The minimum absolute atomic E-state index is 0.191. The fraction of sp³-hybridized carbons (Fsp3) is 0.318. The minimum atomic E-state index is -0.629. The summed E-state index contributed by atoms with van der Waals surface area (Å²) in [5.41, 5.74) is 9.31. The molecule has 4 nitrogen and oxygen atoms in total. The number of aliphatic imine (C=N–C) groups is 1. The van der Waals surface area contributed by atoms with Crippen molar-refractivity contribution in [3.05, 3.63) is 69.3 Å². The third-order valence-corrected chi connectivity index (χ3v) is 5.43. The van der Waals surface area contributed by atoms with Gasteiger partial charge in [-0.05, 0) is 66.6 Å². The highest BCUT2D eigenvalue weighted by molar-refractivity contribution is 6.44. The standard InChI is InChI=1S/C22H24N2O2/c1-13-14(2)16(4)19-11-21(20(23)10-18(19)15(13)3)24-22(25)26-12-17-8-6-5-7-9-17/h5-9,23H,10-12H2,1-4H3/b23-20?,24-21+. The molecule has 0 fully saturated rings. The van der Waals surface area contributed by atoms with Gasteiger partial charge in [0.1, 0.15) is 6.61 Å². The average Bonchev–Trinajstić information content (AvgIpc) is 2.65. The second-order valence-corrected chi connectivity index (χ2v) is 6.89. The molecule has 0 saturated heterocycles.